The van der Waals surface area contributed by atoms with Crippen molar-refractivity contribution in [1.82, 2.24) is 15.0 Å². The number of anilines is 2. The molecule has 100 valence electrons. The molecule has 0 radical (unpaired) electrons. The Hall–Kier alpha value is -1.88. The van der Waals surface area contributed by atoms with E-state index in [9.17, 15) is 0 Å². The van der Waals surface area contributed by atoms with Crippen molar-refractivity contribution in [3.63, 3.8) is 0 Å². The van der Waals surface area contributed by atoms with Crippen LogP contribution in [0.1, 0.15) is 12.5 Å². The molecule has 0 unspecified atom stereocenters. The summed E-state index contributed by atoms with van der Waals surface area (Å²) in [5, 5.41) is 3.07. The first-order chi connectivity index (χ1) is 9.22. The third kappa shape index (κ3) is 3.54. The van der Waals surface area contributed by atoms with Crippen molar-refractivity contribution in [3.05, 3.63) is 41.2 Å². The van der Waals surface area contributed by atoms with Crippen molar-refractivity contribution < 1.29 is 0 Å². The van der Waals surface area contributed by atoms with Gasteiger partial charge >= 0.3 is 0 Å². The van der Waals surface area contributed by atoms with Gasteiger partial charge in [-0.1, -0.05) is 30.3 Å². The van der Waals surface area contributed by atoms with Gasteiger partial charge in [0.25, 0.3) is 0 Å². The van der Waals surface area contributed by atoms with Crippen LogP contribution in [0.3, 0.4) is 0 Å². The summed E-state index contributed by atoms with van der Waals surface area (Å²) < 4.78 is 0. The summed E-state index contributed by atoms with van der Waals surface area (Å²) in [6.07, 6.45) is 0. The van der Waals surface area contributed by atoms with Gasteiger partial charge in [0.2, 0.25) is 17.2 Å². The van der Waals surface area contributed by atoms with Crippen LogP contribution in [0.25, 0.3) is 0 Å². The first-order valence-corrected chi connectivity index (χ1v) is 6.49. The molecule has 0 aliphatic rings. The molecule has 0 fully saturated rings. The van der Waals surface area contributed by atoms with E-state index < -0.39 is 0 Å². The normalized spacial score (nSPS) is 10.3. The van der Waals surface area contributed by atoms with Crippen molar-refractivity contribution in [1.29, 1.82) is 0 Å². The van der Waals surface area contributed by atoms with Crippen LogP contribution in [0.15, 0.2) is 30.3 Å². The van der Waals surface area contributed by atoms with Crippen LogP contribution in [0.2, 0.25) is 5.28 Å². The average Bonchev–Trinajstić information content (AvgIpc) is 2.45. The summed E-state index contributed by atoms with van der Waals surface area (Å²) in [5.41, 5.74) is 1.20. The number of nitrogens with one attached hydrogen (secondary N) is 1. The van der Waals surface area contributed by atoms with Crippen LogP contribution >= 0.6 is 11.6 Å². The number of halogens is 1. The molecule has 1 aromatic heterocycles. The van der Waals surface area contributed by atoms with E-state index in [0.29, 0.717) is 11.9 Å². The first kappa shape index (κ1) is 13.5. The van der Waals surface area contributed by atoms with Crippen LogP contribution < -0.4 is 10.2 Å². The number of hydrogen-bond donors (Lipinski definition) is 1. The minimum Gasteiger partial charge on any atom is -0.357 e. The van der Waals surface area contributed by atoms with Crippen LogP contribution in [-0.4, -0.2) is 28.5 Å². The minimum absolute atomic E-state index is 0.195. The topological polar surface area (TPSA) is 53.9 Å². The molecule has 2 rings (SSSR count). The highest BCUT2D eigenvalue weighted by Crippen LogP contribution is 2.16. The standard InChI is InChI=1S/C13H16ClN5/c1-3-19(9-10-7-5-4-6-8-10)13-17-11(14)16-12(15-2)18-13/h4-8H,3,9H2,1-2H3,(H,15,16,17,18). The Kier molecular flexibility index (Phi) is 4.52. The Labute approximate surface area is 117 Å². The van der Waals surface area contributed by atoms with Crippen LogP contribution in [0, 0.1) is 0 Å². The molecule has 0 saturated carbocycles. The summed E-state index contributed by atoms with van der Waals surface area (Å²) in [5.74, 6) is 1.05. The lowest BCUT2D eigenvalue weighted by Crippen LogP contribution is -2.24. The lowest BCUT2D eigenvalue weighted by Gasteiger charge is -2.21. The summed E-state index contributed by atoms with van der Waals surface area (Å²) in [6.45, 7) is 3.58. The molecule has 0 saturated heterocycles. The van der Waals surface area contributed by atoms with Gasteiger partial charge in [0.05, 0.1) is 0 Å². The van der Waals surface area contributed by atoms with Gasteiger partial charge in [0, 0.05) is 20.1 Å². The number of hydrogen-bond acceptors (Lipinski definition) is 5. The van der Waals surface area contributed by atoms with E-state index in [4.69, 9.17) is 11.6 Å². The maximum Gasteiger partial charge on any atom is 0.231 e. The molecule has 0 aliphatic carbocycles. The molecule has 19 heavy (non-hydrogen) atoms. The second-order valence-corrected chi connectivity index (χ2v) is 4.32. The van der Waals surface area contributed by atoms with Gasteiger partial charge in [-0.05, 0) is 24.1 Å². The zero-order valence-corrected chi connectivity index (χ0v) is 11.7. The zero-order chi connectivity index (χ0) is 13.7. The molecule has 2 aromatic rings. The summed E-state index contributed by atoms with van der Waals surface area (Å²) in [7, 11) is 1.75. The van der Waals surface area contributed by atoms with E-state index in [-0.39, 0.29) is 5.28 Å². The van der Waals surface area contributed by atoms with Crippen LogP contribution in [-0.2, 0) is 6.54 Å². The van der Waals surface area contributed by atoms with E-state index in [1.807, 2.05) is 23.1 Å². The minimum atomic E-state index is 0.195. The second kappa shape index (κ2) is 6.33. The van der Waals surface area contributed by atoms with Crippen LogP contribution in [0.5, 0.6) is 0 Å². The van der Waals surface area contributed by atoms with Gasteiger partial charge in [0.1, 0.15) is 0 Å². The number of rotatable bonds is 5. The molecular weight excluding hydrogens is 262 g/mol. The molecular formula is C13H16ClN5. The molecule has 1 aromatic carbocycles. The van der Waals surface area contributed by atoms with Crippen molar-refractivity contribution >= 4 is 23.5 Å². The highest BCUT2D eigenvalue weighted by molar-refractivity contribution is 6.28. The number of nitrogens with zero attached hydrogens (tertiary/aromatic N) is 4. The van der Waals surface area contributed by atoms with Gasteiger partial charge < -0.3 is 10.2 Å². The summed E-state index contributed by atoms with van der Waals surface area (Å²) in [4.78, 5) is 14.5. The molecule has 6 heteroatoms. The van der Waals surface area contributed by atoms with E-state index in [1.165, 1.54) is 5.56 Å². The molecule has 0 atom stereocenters. The van der Waals surface area contributed by atoms with Gasteiger partial charge in [-0.25, -0.2) is 0 Å². The lowest BCUT2D eigenvalue weighted by molar-refractivity contribution is 0.785. The Morgan fingerprint density at radius 1 is 1.16 bits per heavy atom. The van der Waals surface area contributed by atoms with Gasteiger partial charge in [-0.2, -0.15) is 15.0 Å². The molecule has 0 amide bonds. The van der Waals surface area contributed by atoms with Crippen molar-refractivity contribution in [2.24, 2.45) is 0 Å². The van der Waals surface area contributed by atoms with Gasteiger partial charge in [-0.15, -0.1) is 0 Å². The Morgan fingerprint density at radius 3 is 2.53 bits per heavy atom. The lowest BCUT2D eigenvalue weighted by atomic mass is 10.2. The summed E-state index contributed by atoms with van der Waals surface area (Å²) >= 11 is 5.90. The molecule has 0 aliphatic heterocycles. The fourth-order valence-electron chi connectivity index (χ4n) is 1.72. The molecule has 1 heterocycles. The van der Waals surface area contributed by atoms with Crippen LogP contribution in [0.4, 0.5) is 11.9 Å². The third-order valence-corrected chi connectivity index (χ3v) is 2.87. The zero-order valence-electron chi connectivity index (χ0n) is 11.0. The molecule has 1 N–H and O–H groups in total. The average molecular weight is 278 g/mol. The number of aromatic nitrogens is 3. The predicted octanol–water partition coefficient (Wildman–Crippen LogP) is 2.59. The van der Waals surface area contributed by atoms with Crippen molar-refractivity contribution in [2.45, 2.75) is 13.5 Å². The predicted molar refractivity (Wildman–Crippen MR) is 77.5 cm³/mol. The molecule has 0 bridgehead atoms. The van der Waals surface area contributed by atoms with E-state index in [1.54, 1.807) is 7.05 Å². The fourth-order valence-corrected chi connectivity index (χ4v) is 1.88. The largest absolute Gasteiger partial charge is 0.357 e. The number of benzene rings is 1. The first-order valence-electron chi connectivity index (χ1n) is 6.11. The highest BCUT2D eigenvalue weighted by Gasteiger charge is 2.11. The van der Waals surface area contributed by atoms with Crippen molar-refractivity contribution in [3.8, 4) is 0 Å². The maximum atomic E-state index is 5.90. The summed E-state index contributed by atoms with van der Waals surface area (Å²) in [6, 6.07) is 10.2. The van der Waals surface area contributed by atoms with Gasteiger partial charge in [-0.3, -0.25) is 0 Å². The smallest absolute Gasteiger partial charge is 0.231 e. The maximum absolute atomic E-state index is 5.90. The van der Waals surface area contributed by atoms with E-state index >= 15 is 0 Å². The molecule has 5 nitrogen and oxygen atoms in total. The molecule has 0 spiro atoms. The van der Waals surface area contributed by atoms with Gasteiger partial charge in [0.15, 0.2) is 0 Å². The monoisotopic (exact) mass is 277 g/mol. The fraction of sp³-hybridized carbons (Fsp3) is 0.308. The highest BCUT2D eigenvalue weighted by atomic mass is 35.5. The Balaban J connectivity index is 2.24. The Morgan fingerprint density at radius 2 is 1.89 bits per heavy atom. The third-order valence-electron chi connectivity index (χ3n) is 2.70. The SMILES string of the molecule is CCN(Cc1ccccc1)c1nc(Cl)nc(NC)n1. The second-order valence-electron chi connectivity index (χ2n) is 3.98. The quantitative estimate of drug-likeness (QED) is 0.910. The van der Waals surface area contributed by atoms with Crippen molar-refractivity contribution in [2.75, 3.05) is 23.8 Å². The van der Waals surface area contributed by atoms with E-state index in [2.05, 4.69) is 39.3 Å². The Bertz CT molecular complexity index is 532. The van der Waals surface area contributed by atoms with E-state index in [0.717, 1.165) is 13.1 Å².